The van der Waals surface area contributed by atoms with E-state index < -0.39 is 0 Å². The summed E-state index contributed by atoms with van der Waals surface area (Å²) in [5, 5.41) is 2.88. The van der Waals surface area contributed by atoms with Gasteiger partial charge in [0.15, 0.2) is 0 Å². The first-order valence-electron chi connectivity index (χ1n) is 7.13. The largest absolute Gasteiger partial charge is 0.310 e. The van der Waals surface area contributed by atoms with Gasteiger partial charge in [-0.3, -0.25) is 9.20 Å². The van der Waals surface area contributed by atoms with E-state index in [9.17, 15) is 9.18 Å². The second-order valence-electron chi connectivity index (χ2n) is 5.15. The number of aryl methyl sites for hydroxylation is 1. The summed E-state index contributed by atoms with van der Waals surface area (Å²) in [5.41, 5.74) is 3.21. The first-order valence-corrected chi connectivity index (χ1v) is 7.13. The highest BCUT2D eigenvalue weighted by Gasteiger charge is 2.16. The molecule has 3 aromatic rings. The maximum absolute atomic E-state index is 13.1. The Balaban J connectivity index is 2.20. The highest BCUT2D eigenvalue weighted by Crippen LogP contribution is 2.29. The normalized spacial score (nSPS) is 10.9. The molecule has 0 bridgehead atoms. The van der Waals surface area contributed by atoms with Crippen LogP contribution in [0.2, 0.25) is 0 Å². The molecule has 0 aliphatic heterocycles. The lowest BCUT2D eigenvalue weighted by Gasteiger charge is -2.07. The molecule has 1 N–H and O–H groups in total. The van der Waals surface area contributed by atoms with Crippen LogP contribution in [0, 0.1) is 12.7 Å². The van der Waals surface area contributed by atoms with Gasteiger partial charge in [-0.1, -0.05) is 6.92 Å². The van der Waals surface area contributed by atoms with Gasteiger partial charge in [-0.2, -0.15) is 0 Å². The lowest BCUT2D eigenvalue weighted by Crippen LogP contribution is -2.12. The zero-order valence-corrected chi connectivity index (χ0v) is 12.4. The molecule has 112 valence electrons. The van der Waals surface area contributed by atoms with Gasteiger partial charge in [0.25, 0.3) is 0 Å². The fraction of sp³-hybridized carbons (Fsp3) is 0.176. The molecule has 22 heavy (non-hydrogen) atoms. The number of rotatable bonds is 3. The molecule has 0 spiro atoms. The van der Waals surface area contributed by atoms with E-state index in [-0.39, 0.29) is 11.7 Å². The molecule has 0 atom stereocenters. The zero-order valence-electron chi connectivity index (χ0n) is 12.4. The Morgan fingerprint density at radius 1 is 1.27 bits per heavy atom. The Morgan fingerprint density at radius 2 is 2.00 bits per heavy atom. The van der Waals surface area contributed by atoms with Crippen molar-refractivity contribution in [3.63, 3.8) is 0 Å². The van der Waals surface area contributed by atoms with E-state index in [1.54, 1.807) is 19.1 Å². The average molecular weight is 297 g/mol. The second-order valence-corrected chi connectivity index (χ2v) is 5.15. The van der Waals surface area contributed by atoms with Crippen LogP contribution in [0.25, 0.3) is 16.9 Å². The summed E-state index contributed by atoms with van der Waals surface area (Å²) >= 11 is 0. The van der Waals surface area contributed by atoms with E-state index in [0.29, 0.717) is 17.9 Å². The van der Waals surface area contributed by atoms with Gasteiger partial charge in [0.2, 0.25) is 5.91 Å². The summed E-state index contributed by atoms with van der Waals surface area (Å²) in [6, 6.07) is 9.97. The second kappa shape index (κ2) is 5.60. The van der Waals surface area contributed by atoms with Crippen molar-refractivity contribution in [2.75, 3.05) is 5.32 Å². The smallest absolute Gasteiger partial charge is 0.225 e. The first-order chi connectivity index (χ1) is 10.6. The number of imidazole rings is 1. The maximum atomic E-state index is 13.1. The molecule has 0 unspecified atom stereocenters. The molecule has 0 saturated heterocycles. The van der Waals surface area contributed by atoms with Crippen LogP contribution in [0.4, 0.5) is 10.2 Å². The van der Waals surface area contributed by atoms with Gasteiger partial charge in [-0.15, -0.1) is 0 Å². The molecule has 0 fully saturated rings. The number of anilines is 1. The van der Waals surface area contributed by atoms with Gasteiger partial charge >= 0.3 is 0 Å². The minimum absolute atomic E-state index is 0.0919. The maximum Gasteiger partial charge on any atom is 0.225 e. The lowest BCUT2D eigenvalue weighted by atomic mass is 10.1. The molecular formula is C17H16FN3O. The summed E-state index contributed by atoms with van der Waals surface area (Å²) in [4.78, 5) is 16.4. The van der Waals surface area contributed by atoms with Crippen LogP contribution in [-0.2, 0) is 4.79 Å². The van der Waals surface area contributed by atoms with Gasteiger partial charge in [-0.25, -0.2) is 9.37 Å². The number of carbonyl (C=O) groups is 1. The predicted octanol–water partition coefficient (Wildman–Crippen LogP) is 3.80. The van der Waals surface area contributed by atoms with Gasteiger partial charge in [0, 0.05) is 18.2 Å². The number of hydrogen-bond donors (Lipinski definition) is 1. The summed E-state index contributed by atoms with van der Waals surface area (Å²) in [6.45, 7) is 3.77. The first kappa shape index (κ1) is 14.3. The number of fused-ring (bicyclic) bond motifs is 1. The van der Waals surface area contributed by atoms with Crippen molar-refractivity contribution in [1.82, 2.24) is 9.38 Å². The van der Waals surface area contributed by atoms with Crippen molar-refractivity contribution < 1.29 is 9.18 Å². The molecule has 2 heterocycles. The van der Waals surface area contributed by atoms with Crippen LogP contribution in [0.3, 0.4) is 0 Å². The molecule has 1 aromatic carbocycles. The van der Waals surface area contributed by atoms with Crippen LogP contribution in [-0.4, -0.2) is 15.3 Å². The molecule has 5 heteroatoms. The van der Waals surface area contributed by atoms with E-state index in [1.165, 1.54) is 12.1 Å². The monoisotopic (exact) mass is 297 g/mol. The molecular weight excluding hydrogens is 281 g/mol. The number of pyridine rings is 1. The fourth-order valence-electron chi connectivity index (χ4n) is 2.30. The van der Waals surface area contributed by atoms with Crippen LogP contribution in [0.15, 0.2) is 42.6 Å². The van der Waals surface area contributed by atoms with Crippen molar-refractivity contribution >= 4 is 17.4 Å². The minimum atomic E-state index is -0.303. The Bertz CT molecular complexity index is 837. The molecule has 0 saturated carbocycles. The van der Waals surface area contributed by atoms with E-state index in [1.807, 2.05) is 29.7 Å². The number of aromatic nitrogens is 2. The number of hydrogen-bond acceptors (Lipinski definition) is 2. The molecule has 0 aliphatic carbocycles. The van der Waals surface area contributed by atoms with Crippen molar-refractivity contribution in [1.29, 1.82) is 0 Å². The summed E-state index contributed by atoms with van der Waals surface area (Å²) in [6.07, 6.45) is 2.25. The van der Waals surface area contributed by atoms with Crippen molar-refractivity contribution in [2.45, 2.75) is 20.3 Å². The average Bonchev–Trinajstić information content (AvgIpc) is 2.85. The van der Waals surface area contributed by atoms with Gasteiger partial charge < -0.3 is 5.32 Å². The number of benzene rings is 1. The standard InChI is InChI=1S/C17H16FN3O/c1-3-15(22)20-17-16(12-4-6-13(18)7-5-12)19-14-10-11(2)8-9-21(14)17/h4-10H,3H2,1-2H3,(H,20,22). The highest BCUT2D eigenvalue weighted by molar-refractivity contribution is 5.94. The molecule has 4 nitrogen and oxygen atoms in total. The Morgan fingerprint density at radius 3 is 2.68 bits per heavy atom. The number of nitrogens with one attached hydrogen (secondary N) is 1. The van der Waals surface area contributed by atoms with E-state index in [2.05, 4.69) is 10.3 Å². The van der Waals surface area contributed by atoms with Crippen LogP contribution in [0.5, 0.6) is 0 Å². The van der Waals surface area contributed by atoms with Gasteiger partial charge in [0.05, 0.1) is 0 Å². The third-order valence-corrected chi connectivity index (χ3v) is 3.48. The molecule has 0 aliphatic rings. The predicted molar refractivity (Wildman–Crippen MR) is 84.2 cm³/mol. The van der Waals surface area contributed by atoms with Gasteiger partial charge in [-0.05, 0) is 48.9 Å². The Kier molecular flexibility index (Phi) is 3.63. The van der Waals surface area contributed by atoms with Crippen LogP contribution < -0.4 is 5.32 Å². The third kappa shape index (κ3) is 2.57. The summed E-state index contributed by atoms with van der Waals surface area (Å²) in [7, 11) is 0. The van der Waals surface area contributed by atoms with E-state index in [4.69, 9.17) is 0 Å². The third-order valence-electron chi connectivity index (χ3n) is 3.48. The quantitative estimate of drug-likeness (QED) is 0.799. The molecule has 3 rings (SSSR count). The van der Waals surface area contributed by atoms with E-state index in [0.717, 1.165) is 16.8 Å². The summed E-state index contributed by atoms with van der Waals surface area (Å²) in [5.74, 6) is 0.210. The van der Waals surface area contributed by atoms with Crippen LogP contribution in [0.1, 0.15) is 18.9 Å². The minimum Gasteiger partial charge on any atom is -0.310 e. The topological polar surface area (TPSA) is 46.4 Å². The van der Waals surface area contributed by atoms with Crippen molar-refractivity contribution in [3.05, 3.63) is 54.0 Å². The molecule has 2 aromatic heterocycles. The molecule has 0 radical (unpaired) electrons. The Labute approximate surface area is 127 Å². The summed E-state index contributed by atoms with van der Waals surface area (Å²) < 4.78 is 15.0. The van der Waals surface area contributed by atoms with Gasteiger partial charge in [0.1, 0.15) is 23.0 Å². The van der Waals surface area contributed by atoms with Crippen molar-refractivity contribution in [3.8, 4) is 11.3 Å². The fourth-order valence-corrected chi connectivity index (χ4v) is 2.30. The SMILES string of the molecule is CCC(=O)Nc1c(-c2ccc(F)cc2)nc2cc(C)ccn12. The zero-order chi connectivity index (χ0) is 15.7. The van der Waals surface area contributed by atoms with Crippen LogP contribution >= 0.6 is 0 Å². The number of carbonyl (C=O) groups excluding carboxylic acids is 1. The number of nitrogens with zero attached hydrogens (tertiary/aromatic N) is 2. The van der Waals surface area contributed by atoms with Crippen molar-refractivity contribution in [2.24, 2.45) is 0 Å². The highest BCUT2D eigenvalue weighted by atomic mass is 19.1. The molecule has 1 amide bonds. The number of amides is 1. The Hall–Kier alpha value is -2.69. The lowest BCUT2D eigenvalue weighted by molar-refractivity contribution is -0.115. The number of halogens is 1. The van der Waals surface area contributed by atoms with E-state index >= 15 is 0 Å².